The van der Waals surface area contributed by atoms with Gasteiger partial charge in [0.2, 0.25) is 0 Å². The van der Waals surface area contributed by atoms with Crippen LogP contribution in [0.3, 0.4) is 0 Å². The molecule has 8 heteroatoms. The summed E-state index contributed by atoms with van der Waals surface area (Å²) < 4.78 is 49.0. The number of nitrogens with zero attached hydrogens (tertiary/aromatic N) is 1. The molecule has 2 heterocycles. The first-order chi connectivity index (χ1) is 14.3. The number of fused-ring (bicyclic) bond motifs is 1. The van der Waals surface area contributed by atoms with E-state index >= 15 is 0 Å². The predicted octanol–water partition coefficient (Wildman–Crippen LogP) is 5.80. The van der Waals surface area contributed by atoms with Crippen molar-refractivity contribution in [2.45, 2.75) is 27.1 Å². The first kappa shape index (κ1) is 21.2. The van der Waals surface area contributed by atoms with Crippen LogP contribution < -0.4 is 14.8 Å². The van der Waals surface area contributed by atoms with Crippen LogP contribution in [0.15, 0.2) is 54.7 Å². The lowest BCUT2D eigenvalue weighted by Gasteiger charge is -2.09. The van der Waals surface area contributed by atoms with E-state index in [-0.39, 0.29) is 22.9 Å². The van der Waals surface area contributed by atoms with E-state index in [1.165, 1.54) is 42.6 Å². The van der Waals surface area contributed by atoms with Gasteiger partial charge in [0.1, 0.15) is 11.6 Å². The molecule has 1 N–H and O–H groups in total. The average Bonchev–Trinajstić information content (AvgIpc) is 3.02. The molecule has 0 bridgehead atoms. The third kappa shape index (κ3) is 4.37. The standard InChI is InChI=1S/C20H13F3N2O3.C2H6/c1-11-8-16-17(28-20(22,23)27-16)9-14(11)12-6-7-18(24-10-12)25-19(26)13-4-2-3-5-15(13)21;1-2/h2-10H,1H3,(H,24,25,26);1-2H3. The molecule has 30 heavy (non-hydrogen) atoms. The number of benzene rings is 2. The number of aromatic nitrogens is 1. The minimum atomic E-state index is -3.69. The van der Waals surface area contributed by atoms with Crippen molar-refractivity contribution in [3.63, 3.8) is 0 Å². The van der Waals surface area contributed by atoms with Crippen molar-refractivity contribution in [3.8, 4) is 22.6 Å². The van der Waals surface area contributed by atoms with Gasteiger partial charge < -0.3 is 14.8 Å². The van der Waals surface area contributed by atoms with Gasteiger partial charge in [-0.3, -0.25) is 4.79 Å². The monoisotopic (exact) mass is 416 g/mol. The van der Waals surface area contributed by atoms with Crippen molar-refractivity contribution in [3.05, 3.63) is 71.7 Å². The van der Waals surface area contributed by atoms with Gasteiger partial charge in [0, 0.05) is 11.8 Å². The Morgan fingerprint density at radius 1 is 1.03 bits per heavy atom. The molecule has 156 valence electrons. The second-order valence-corrected chi connectivity index (χ2v) is 6.15. The first-order valence-corrected chi connectivity index (χ1v) is 9.25. The molecule has 0 fully saturated rings. The van der Waals surface area contributed by atoms with Crippen molar-refractivity contribution in [1.29, 1.82) is 0 Å². The highest BCUT2D eigenvalue weighted by atomic mass is 19.3. The summed E-state index contributed by atoms with van der Waals surface area (Å²) in [6.07, 6.45) is -2.22. The van der Waals surface area contributed by atoms with E-state index in [0.717, 1.165) is 0 Å². The molecule has 0 saturated carbocycles. The van der Waals surface area contributed by atoms with Crippen LogP contribution in [0.25, 0.3) is 11.1 Å². The number of halogens is 3. The minimum Gasteiger partial charge on any atom is -0.395 e. The maximum Gasteiger partial charge on any atom is 0.586 e. The van der Waals surface area contributed by atoms with E-state index < -0.39 is 18.0 Å². The van der Waals surface area contributed by atoms with Crippen LogP contribution in [0.4, 0.5) is 19.0 Å². The van der Waals surface area contributed by atoms with Gasteiger partial charge in [-0.25, -0.2) is 9.37 Å². The molecule has 0 saturated heterocycles. The Morgan fingerprint density at radius 2 is 1.70 bits per heavy atom. The molecule has 0 atom stereocenters. The molecule has 1 aliphatic heterocycles. The summed E-state index contributed by atoms with van der Waals surface area (Å²) >= 11 is 0. The molecule has 0 spiro atoms. The highest BCUT2D eigenvalue weighted by molar-refractivity contribution is 6.04. The van der Waals surface area contributed by atoms with Crippen LogP contribution in [-0.4, -0.2) is 17.2 Å². The Balaban J connectivity index is 0.00000124. The summed E-state index contributed by atoms with van der Waals surface area (Å²) in [6, 6.07) is 11.7. The van der Waals surface area contributed by atoms with Gasteiger partial charge >= 0.3 is 6.29 Å². The zero-order valence-corrected chi connectivity index (χ0v) is 16.5. The second kappa shape index (κ2) is 8.44. The number of hydrogen-bond donors (Lipinski definition) is 1. The number of anilines is 1. The van der Waals surface area contributed by atoms with Crippen molar-refractivity contribution < 1.29 is 27.4 Å². The summed E-state index contributed by atoms with van der Waals surface area (Å²) in [6.45, 7) is 5.74. The highest BCUT2D eigenvalue weighted by Gasteiger charge is 2.43. The molecule has 5 nitrogen and oxygen atoms in total. The normalized spacial score (nSPS) is 13.3. The second-order valence-electron chi connectivity index (χ2n) is 6.15. The SMILES string of the molecule is CC.Cc1cc2c(cc1-c1ccc(NC(=O)c3ccccc3F)nc1)OC(F)(F)O2. The number of carbonyl (C=O) groups is 1. The van der Waals surface area contributed by atoms with Crippen LogP contribution in [0.1, 0.15) is 29.8 Å². The van der Waals surface area contributed by atoms with E-state index in [9.17, 15) is 18.0 Å². The molecule has 1 amide bonds. The molecule has 3 aromatic rings. The Bertz CT molecular complexity index is 1070. The number of alkyl halides is 2. The summed E-state index contributed by atoms with van der Waals surface area (Å²) in [7, 11) is 0. The number of hydrogen-bond acceptors (Lipinski definition) is 4. The number of rotatable bonds is 3. The van der Waals surface area contributed by atoms with Gasteiger partial charge in [-0.05, 0) is 54.4 Å². The molecule has 2 aromatic carbocycles. The third-order valence-electron chi connectivity index (χ3n) is 4.18. The van der Waals surface area contributed by atoms with E-state index in [0.29, 0.717) is 16.7 Å². The molecule has 0 unspecified atom stereocenters. The average molecular weight is 416 g/mol. The smallest absolute Gasteiger partial charge is 0.395 e. The van der Waals surface area contributed by atoms with Crippen molar-refractivity contribution in [2.24, 2.45) is 0 Å². The number of aryl methyl sites for hydroxylation is 1. The van der Waals surface area contributed by atoms with E-state index in [4.69, 9.17) is 0 Å². The Kier molecular flexibility index (Phi) is 5.96. The van der Waals surface area contributed by atoms with Gasteiger partial charge in [0.05, 0.1) is 5.56 Å². The largest absolute Gasteiger partial charge is 0.586 e. The van der Waals surface area contributed by atoms with Gasteiger partial charge in [0.25, 0.3) is 5.91 Å². The fraction of sp³-hybridized carbons (Fsp3) is 0.182. The fourth-order valence-corrected chi connectivity index (χ4v) is 2.87. The predicted molar refractivity (Wildman–Crippen MR) is 106 cm³/mol. The van der Waals surface area contributed by atoms with Gasteiger partial charge in [0.15, 0.2) is 11.5 Å². The molecular weight excluding hydrogens is 397 g/mol. The Hall–Kier alpha value is -3.55. The highest BCUT2D eigenvalue weighted by Crippen LogP contribution is 2.44. The third-order valence-corrected chi connectivity index (χ3v) is 4.18. The lowest BCUT2D eigenvalue weighted by molar-refractivity contribution is -0.286. The van der Waals surface area contributed by atoms with E-state index in [1.54, 1.807) is 19.1 Å². The zero-order valence-electron chi connectivity index (χ0n) is 16.5. The molecule has 1 aliphatic rings. The topological polar surface area (TPSA) is 60.5 Å². The van der Waals surface area contributed by atoms with Crippen molar-refractivity contribution in [2.75, 3.05) is 5.32 Å². The molecule has 0 radical (unpaired) electrons. The van der Waals surface area contributed by atoms with Crippen LogP contribution in [0.2, 0.25) is 0 Å². The van der Waals surface area contributed by atoms with E-state index in [2.05, 4.69) is 19.8 Å². The first-order valence-electron chi connectivity index (χ1n) is 9.25. The minimum absolute atomic E-state index is 0.0343. The van der Waals surface area contributed by atoms with Crippen molar-refractivity contribution >= 4 is 11.7 Å². The Morgan fingerprint density at radius 3 is 2.33 bits per heavy atom. The maximum atomic E-state index is 13.7. The molecule has 1 aromatic heterocycles. The fourth-order valence-electron chi connectivity index (χ4n) is 2.87. The molecular formula is C22H19F3N2O3. The van der Waals surface area contributed by atoms with Crippen LogP contribution in [0, 0.1) is 12.7 Å². The summed E-state index contributed by atoms with van der Waals surface area (Å²) in [4.78, 5) is 16.3. The van der Waals surface area contributed by atoms with E-state index in [1.807, 2.05) is 13.8 Å². The lowest BCUT2D eigenvalue weighted by Crippen LogP contribution is -2.25. The summed E-state index contributed by atoms with van der Waals surface area (Å²) in [5, 5.41) is 2.51. The number of carbonyl (C=O) groups excluding carboxylic acids is 1. The van der Waals surface area contributed by atoms with Gasteiger partial charge in [-0.2, -0.15) is 0 Å². The van der Waals surface area contributed by atoms with Crippen molar-refractivity contribution in [1.82, 2.24) is 4.98 Å². The van der Waals surface area contributed by atoms with Crippen LogP contribution >= 0.6 is 0 Å². The molecule has 4 rings (SSSR count). The summed E-state index contributed by atoms with van der Waals surface area (Å²) in [5.74, 6) is -1.14. The number of ether oxygens (including phenoxy) is 2. The van der Waals surface area contributed by atoms with Gasteiger partial charge in [-0.15, -0.1) is 8.78 Å². The zero-order chi connectivity index (χ0) is 21.9. The van der Waals surface area contributed by atoms with Crippen LogP contribution in [-0.2, 0) is 0 Å². The summed E-state index contributed by atoms with van der Waals surface area (Å²) in [5.41, 5.74) is 1.84. The quantitative estimate of drug-likeness (QED) is 0.587. The van der Waals surface area contributed by atoms with Gasteiger partial charge in [-0.1, -0.05) is 26.0 Å². The molecule has 0 aliphatic carbocycles. The number of amides is 1. The number of pyridine rings is 1. The van der Waals surface area contributed by atoms with Crippen LogP contribution in [0.5, 0.6) is 11.5 Å². The maximum absolute atomic E-state index is 13.7. The lowest BCUT2D eigenvalue weighted by atomic mass is 10.0. The Labute approximate surface area is 171 Å². The number of nitrogens with one attached hydrogen (secondary N) is 1.